The molecule has 0 bridgehead atoms. The first-order chi connectivity index (χ1) is 7.67. The third kappa shape index (κ3) is 4.33. The average Bonchev–Trinajstić information content (AvgIpc) is 2.65. The summed E-state index contributed by atoms with van der Waals surface area (Å²) in [6.07, 6.45) is -0.155. The fourth-order valence-electron chi connectivity index (χ4n) is 1.25. The normalized spacial score (nSPS) is 11.0. The largest absolute Gasteiger partial charge is 0.352 e. The van der Waals surface area contributed by atoms with E-state index in [1.165, 1.54) is 11.3 Å². The molecule has 0 aliphatic heterocycles. The van der Waals surface area contributed by atoms with Gasteiger partial charge in [-0.15, -0.1) is 11.3 Å². The average molecular weight is 307 g/mol. The Morgan fingerprint density at radius 2 is 2.06 bits per heavy atom. The number of thiophene rings is 1. The van der Waals surface area contributed by atoms with Gasteiger partial charge >= 0.3 is 0 Å². The zero-order chi connectivity index (χ0) is 12.0. The number of ether oxygens (including phenoxy) is 2. The Hall–Kier alpha value is -0.230. The van der Waals surface area contributed by atoms with Gasteiger partial charge in [-0.3, -0.25) is 4.79 Å². The van der Waals surface area contributed by atoms with Crippen molar-refractivity contribution in [1.29, 1.82) is 0 Å². The first kappa shape index (κ1) is 13.8. The van der Waals surface area contributed by atoms with Crippen LogP contribution in [-0.2, 0) is 9.47 Å². The van der Waals surface area contributed by atoms with E-state index in [9.17, 15) is 4.79 Å². The van der Waals surface area contributed by atoms with Crippen molar-refractivity contribution in [2.24, 2.45) is 0 Å². The van der Waals surface area contributed by atoms with Gasteiger partial charge in [-0.2, -0.15) is 0 Å². The summed E-state index contributed by atoms with van der Waals surface area (Å²) >= 11 is 4.75. The molecule has 0 unspecified atom stereocenters. The highest BCUT2D eigenvalue weighted by molar-refractivity contribution is 9.10. The molecule has 0 aliphatic carbocycles. The summed E-state index contributed by atoms with van der Waals surface area (Å²) in [5, 5.41) is 1.89. The molecule has 0 radical (unpaired) electrons. The predicted molar refractivity (Wildman–Crippen MR) is 68.0 cm³/mol. The van der Waals surface area contributed by atoms with E-state index in [-0.39, 0.29) is 12.2 Å². The molecule has 0 saturated heterocycles. The SMILES string of the molecule is CCOC(CC(=O)c1cc(Br)cs1)OCC. The Balaban J connectivity index is 2.54. The molecule has 1 aromatic heterocycles. The number of carbonyl (C=O) groups excluding carboxylic acids is 1. The van der Waals surface area contributed by atoms with Crippen LogP contribution in [0.2, 0.25) is 0 Å². The van der Waals surface area contributed by atoms with Crippen LogP contribution >= 0.6 is 27.3 Å². The van der Waals surface area contributed by atoms with E-state index in [1.54, 1.807) is 0 Å². The molecule has 1 aromatic rings. The Morgan fingerprint density at radius 1 is 1.44 bits per heavy atom. The third-order valence-corrected chi connectivity index (χ3v) is 3.63. The van der Waals surface area contributed by atoms with E-state index in [2.05, 4.69) is 15.9 Å². The lowest BCUT2D eigenvalue weighted by atomic mass is 10.2. The van der Waals surface area contributed by atoms with E-state index in [4.69, 9.17) is 9.47 Å². The smallest absolute Gasteiger partial charge is 0.177 e. The van der Waals surface area contributed by atoms with Gasteiger partial charge in [-0.25, -0.2) is 0 Å². The fraction of sp³-hybridized carbons (Fsp3) is 0.545. The molecule has 5 heteroatoms. The Morgan fingerprint density at radius 3 is 2.50 bits per heavy atom. The van der Waals surface area contributed by atoms with E-state index in [1.807, 2.05) is 25.3 Å². The van der Waals surface area contributed by atoms with Crippen LogP contribution in [0.25, 0.3) is 0 Å². The highest BCUT2D eigenvalue weighted by Gasteiger charge is 2.16. The van der Waals surface area contributed by atoms with Crippen molar-refractivity contribution in [3.63, 3.8) is 0 Å². The number of hydrogen-bond donors (Lipinski definition) is 0. The van der Waals surface area contributed by atoms with Gasteiger partial charge in [0, 0.05) is 23.1 Å². The highest BCUT2D eigenvalue weighted by atomic mass is 79.9. The van der Waals surface area contributed by atoms with Gasteiger partial charge < -0.3 is 9.47 Å². The molecule has 1 heterocycles. The molecule has 0 saturated carbocycles. The van der Waals surface area contributed by atoms with Crippen LogP contribution in [0, 0.1) is 0 Å². The first-order valence-corrected chi connectivity index (χ1v) is 6.85. The van der Waals surface area contributed by atoms with E-state index in [0.29, 0.717) is 13.2 Å². The molecular weight excluding hydrogens is 292 g/mol. The van der Waals surface area contributed by atoms with Gasteiger partial charge in [0.15, 0.2) is 12.1 Å². The summed E-state index contributed by atoms with van der Waals surface area (Å²) in [7, 11) is 0. The summed E-state index contributed by atoms with van der Waals surface area (Å²) in [6, 6.07) is 1.82. The lowest BCUT2D eigenvalue weighted by Crippen LogP contribution is -2.21. The molecule has 0 amide bonds. The van der Waals surface area contributed by atoms with Gasteiger partial charge in [0.1, 0.15) is 0 Å². The van der Waals surface area contributed by atoms with Crippen LogP contribution in [0.3, 0.4) is 0 Å². The van der Waals surface area contributed by atoms with Gasteiger partial charge in [0.05, 0.1) is 11.3 Å². The second kappa shape index (κ2) is 7.17. The molecule has 0 aliphatic rings. The zero-order valence-electron chi connectivity index (χ0n) is 9.36. The number of hydrogen-bond acceptors (Lipinski definition) is 4. The van der Waals surface area contributed by atoms with Crippen molar-refractivity contribution < 1.29 is 14.3 Å². The van der Waals surface area contributed by atoms with Crippen LogP contribution in [0.1, 0.15) is 29.9 Å². The minimum absolute atomic E-state index is 0.0580. The fourth-order valence-corrected chi connectivity index (χ4v) is 2.63. The maximum absolute atomic E-state index is 11.8. The standard InChI is InChI=1S/C11H15BrO3S/c1-3-14-11(15-4-2)6-9(13)10-5-8(12)7-16-10/h5,7,11H,3-4,6H2,1-2H3. The summed E-state index contributed by atoms with van der Waals surface area (Å²) in [4.78, 5) is 12.6. The maximum atomic E-state index is 11.8. The van der Waals surface area contributed by atoms with E-state index in [0.717, 1.165) is 9.35 Å². The van der Waals surface area contributed by atoms with E-state index >= 15 is 0 Å². The van der Waals surface area contributed by atoms with Crippen LogP contribution in [-0.4, -0.2) is 25.3 Å². The van der Waals surface area contributed by atoms with Crippen molar-refractivity contribution in [3.05, 3.63) is 20.8 Å². The summed E-state index contributed by atoms with van der Waals surface area (Å²) in [6.45, 7) is 4.87. The molecule has 0 fully saturated rings. The van der Waals surface area contributed by atoms with Crippen molar-refractivity contribution in [3.8, 4) is 0 Å². The Bertz CT molecular complexity index is 332. The third-order valence-electron chi connectivity index (χ3n) is 1.90. The van der Waals surface area contributed by atoms with Gasteiger partial charge in [-0.05, 0) is 35.8 Å². The molecule has 0 atom stereocenters. The van der Waals surface area contributed by atoms with Crippen LogP contribution in [0.4, 0.5) is 0 Å². The molecule has 1 rings (SSSR count). The zero-order valence-corrected chi connectivity index (χ0v) is 11.8. The number of rotatable bonds is 7. The summed E-state index contributed by atoms with van der Waals surface area (Å²) in [5.41, 5.74) is 0. The molecule has 0 spiro atoms. The summed E-state index contributed by atoms with van der Waals surface area (Å²) in [5.74, 6) is 0.0580. The minimum atomic E-state index is -0.427. The lowest BCUT2D eigenvalue weighted by Gasteiger charge is -2.15. The van der Waals surface area contributed by atoms with Crippen molar-refractivity contribution in [2.75, 3.05) is 13.2 Å². The second-order valence-corrected chi connectivity index (χ2v) is 4.92. The quantitative estimate of drug-likeness (QED) is 0.571. The van der Waals surface area contributed by atoms with Crippen LogP contribution in [0.5, 0.6) is 0 Å². The topological polar surface area (TPSA) is 35.5 Å². The summed E-state index contributed by atoms with van der Waals surface area (Å²) < 4.78 is 11.6. The monoisotopic (exact) mass is 306 g/mol. The maximum Gasteiger partial charge on any atom is 0.177 e. The van der Waals surface area contributed by atoms with Crippen molar-refractivity contribution in [2.45, 2.75) is 26.6 Å². The Labute approximate surface area is 108 Å². The van der Waals surface area contributed by atoms with Gasteiger partial charge in [-0.1, -0.05) is 0 Å². The lowest BCUT2D eigenvalue weighted by molar-refractivity contribution is -0.133. The molecule has 16 heavy (non-hydrogen) atoms. The van der Waals surface area contributed by atoms with Crippen LogP contribution in [0.15, 0.2) is 15.9 Å². The number of Topliss-reactive ketones (excluding diaryl/α,β-unsaturated/α-hetero) is 1. The predicted octanol–water partition coefficient (Wildman–Crippen LogP) is 3.48. The van der Waals surface area contributed by atoms with Crippen LogP contribution < -0.4 is 0 Å². The number of halogens is 1. The molecular formula is C11H15BrO3S. The van der Waals surface area contributed by atoms with E-state index < -0.39 is 6.29 Å². The number of ketones is 1. The molecule has 0 N–H and O–H groups in total. The van der Waals surface area contributed by atoms with Gasteiger partial charge in [0.2, 0.25) is 0 Å². The molecule has 0 aromatic carbocycles. The molecule has 90 valence electrons. The second-order valence-electron chi connectivity index (χ2n) is 3.10. The Kier molecular flexibility index (Phi) is 6.20. The number of carbonyl (C=O) groups is 1. The first-order valence-electron chi connectivity index (χ1n) is 5.17. The minimum Gasteiger partial charge on any atom is -0.352 e. The van der Waals surface area contributed by atoms with Crippen molar-refractivity contribution in [1.82, 2.24) is 0 Å². The highest BCUT2D eigenvalue weighted by Crippen LogP contribution is 2.22. The van der Waals surface area contributed by atoms with Crippen molar-refractivity contribution >= 4 is 33.0 Å². The molecule has 3 nitrogen and oxygen atoms in total. The van der Waals surface area contributed by atoms with Gasteiger partial charge in [0.25, 0.3) is 0 Å².